The largest absolute Gasteiger partial charge is 0.464 e. The highest BCUT2D eigenvalue weighted by atomic mass is 32.2. The molecule has 2 rings (SSSR count). The van der Waals surface area contributed by atoms with E-state index in [1.807, 2.05) is 26.2 Å². The first-order valence-corrected chi connectivity index (χ1v) is 7.42. The molecular weight excluding hydrogens is 278 g/mol. The Bertz CT molecular complexity index is 525. The molecule has 0 radical (unpaired) electrons. The van der Waals surface area contributed by atoms with E-state index in [-0.39, 0.29) is 5.82 Å². The summed E-state index contributed by atoms with van der Waals surface area (Å²) in [4.78, 5) is 2.08. The van der Waals surface area contributed by atoms with Crippen molar-refractivity contribution in [2.24, 2.45) is 0 Å². The molecular formula is C12H19N5O2S. The summed E-state index contributed by atoms with van der Waals surface area (Å²) in [5.74, 6) is 4.53. The van der Waals surface area contributed by atoms with Crippen LogP contribution in [-0.4, -0.2) is 41.6 Å². The van der Waals surface area contributed by atoms with Crippen LogP contribution >= 0.6 is 11.8 Å². The molecule has 2 aromatic rings. The minimum absolute atomic E-state index is 0.286. The van der Waals surface area contributed by atoms with Crippen LogP contribution in [0.25, 0.3) is 0 Å². The number of nitrogens with zero attached hydrogens (tertiary/aromatic N) is 3. The van der Waals surface area contributed by atoms with Crippen LogP contribution in [0.1, 0.15) is 11.5 Å². The Morgan fingerprint density at radius 3 is 2.80 bits per heavy atom. The molecule has 0 bridgehead atoms. The smallest absolute Gasteiger partial charge is 0.215 e. The van der Waals surface area contributed by atoms with E-state index in [1.54, 1.807) is 11.8 Å². The van der Waals surface area contributed by atoms with E-state index in [4.69, 9.17) is 10.2 Å². The van der Waals surface area contributed by atoms with E-state index in [0.717, 1.165) is 36.1 Å². The number of aromatic nitrogens is 2. The Balaban J connectivity index is 1.63. The van der Waals surface area contributed by atoms with Crippen LogP contribution in [-0.2, 0) is 12.3 Å². The minimum atomic E-state index is 0.286. The van der Waals surface area contributed by atoms with Crippen LogP contribution in [0.15, 0.2) is 21.2 Å². The normalized spacial score (nSPS) is 11.2. The van der Waals surface area contributed by atoms with Gasteiger partial charge in [0.05, 0.1) is 12.3 Å². The lowest BCUT2D eigenvalue weighted by Gasteiger charge is -2.05. The van der Waals surface area contributed by atoms with E-state index in [0.29, 0.717) is 5.82 Å². The number of hydrogen-bond donors (Lipinski definition) is 2. The van der Waals surface area contributed by atoms with Gasteiger partial charge in [0.15, 0.2) is 0 Å². The average molecular weight is 297 g/mol. The summed E-state index contributed by atoms with van der Waals surface area (Å²) in [6, 6.07) is 4.05. The van der Waals surface area contributed by atoms with Gasteiger partial charge in [-0.15, -0.1) is 0 Å². The Kier molecular flexibility index (Phi) is 5.31. The van der Waals surface area contributed by atoms with Crippen molar-refractivity contribution in [1.82, 2.24) is 15.2 Å². The molecule has 2 aromatic heterocycles. The van der Waals surface area contributed by atoms with Gasteiger partial charge < -0.3 is 20.4 Å². The van der Waals surface area contributed by atoms with Crippen LogP contribution in [0.2, 0.25) is 0 Å². The fourth-order valence-corrected chi connectivity index (χ4v) is 2.38. The van der Waals surface area contributed by atoms with Crippen LogP contribution < -0.4 is 11.1 Å². The standard InChI is InChI=1S/C12H19N5O2S/c1-17(2)7-9-3-4-10(18-9)8-20-6-5-14-12-11(13)15-19-16-12/h3-4H,5-8H2,1-2H3,(H2,13,15)(H,14,16). The maximum absolute atomic E-state index is 5.73. The second-order valence-corrected chi connectivity index (χ2v) is 5.69. The molecule has 8 heteroatoms. The Morgan fingerprint density at radius 2 is 2.10 bits per heavy atom. The fourth-order valence-electron chi connectivity index (χ4n) is 1.63. The highest BCUT2D eigenvalue weighted by Gasteiger charge is 2.05. The quantitative estimate of drug-likeness (QED) is 0.710. The third-order valence-corrected chi connectivity index (χ3v) is 3.47. The van der Waals surface area contributed by atoms with Gasteiger partial charge in [-0.2, -0.15) is 11.8 Å². The van der Waals surface area contributed by atoms with Gasteiger partial charge in [0, 0.05) is 12.3 Å². The molecule has 0 saturated heterocycles. The van der Waals surface area contributed by atoms with E-state index in [2.05, 4.69) is 25.2 Å². The summed E-state index contributed by atoms with van der Waals surface area (Å²) in [5, 5.41) is 10.2. The maximum atomic E-state index is 5.73. The number of anilines is 2. The molecule has 7 nitrogen and oxygen atoms in total. The van der Waals surface area contributed by atoms with Gasteiger partial charge in [-0.05, 0) is 36.5 Å². The SMILES string of the molecule is CN(C)Cc1ccc(CSCCNc2nonc2N)o1. The van der Waals surface area contributed by atoms with Crippen molar-refractivity contribution in [2.45, 2.75) is 12.3 Å². The van der Waals surface area contributed by atoms with Gasteiger partial charge >= 0.3 is 0 Å². The average Bonchev–Trinajstić information content (AvgIpc) is 2.98. The first-order valence-electron chi connectivity index (χ1n) is 6.27. The molecule has 0 amide bonds. The van der Waals surface area contributed by atoms with Crippen molar-refractivity contribution in [3.63, 3.8) is 0 Å². The van der Waals surface area contributed by atoms with Gasteiger partial charge in [0.25, 0.3) is 0 Å². The number of thioether (sulfide) groups is 1. The maximum Gasteiger partial charge on any atom is 0.215 e. The van der Waals surface area contributed by atoms with Crippen molar-refractivity contribution < 1.29 is 9.05 Å². The Morgan fingerprint density at radius 1 is 1.30 bits per heavy atom. The third-order valence-electron chi connectivity index (χ3n) is 2.49. The van der Waals surface area contributed by atoms with Crippen LogP contribution in [0.5, 0.6) is 0 Å². The second-order valence-electron chi connectivity index (χ2n) is 4.58. The molecule has 0 aliphatic rings. The predicted molar refractivity (Wildman–Crippen MR) is 79.5 cm³/mol. The molecule has 2 heterocycles. The summed E-state index contributed by atoms with van der Waals surface area (Å²) in [6.45, 7) is 1.57. The number of hydrogen-bond acceptors (Lipinski definition) is 8. The zero-order valence-electron chi connectivity index (χ0n) is 11.6. The van der Waals surface area contributed by atoms with Crippen molar-refractivity contribution in [3.8, 4) is 0 Å². The molecule has 0 fully saturated rings. The summed E-state index contributed by atoms with van der Waals surface area (Å²) < 4.78 is 10.2. The van der Waals surface area contributed by atoms with Crippen molar-refractivity contribution in [2.75, 3.05) is 37.4 Å². The molecule has 0 saturated carbocycles. The molecule has 0 aliphatic heterocycles. The van der Waals surface area contributed by atoms with Crippen LogP contribution in [0, 0.1) is 0 Å². The highest BCUT2D eigenvalue weighted by molar-refractivity contribution is 7.98. The third kappa shape index (κ3) is 4.46. The van der Waals surface area contributed by atoms with Gasteiger partial charge in [-0.1, -0.05) is 0 Å². The fraction of sp³-hybridized carbons (Fsp3) is 0.500. The van der Waals surface area contributed by atoms with E-state index >= 15 is 0 Å². The molecule has 3 N–H and O–H groups in total. The molecule has 0 aromatic carbocycles. The van der Waals surface area contributed by atoms with Crippen molar-refractivity contribution >= 4 is 23.4 Å². The first kappa shape index (κ1) is 14.7. The lowest BCUT2D eigenvalue weighted by Crippen LogP contribution is -2.09. The Hall–Kier alpha value is -1.67. The van der Waals surface area contributed by atoms with Gasteiger partial charge in [0.2, 0.25) is 11.6 Å². The van der Waals surface area contributed by atoms with E-state index < -0.39 is 0 Å². The number of nitrogen functional groups attached to an aromatic ring is 1. The molecule has 20 heavy (non-hydrogen) atoms. The summed E-state index contributed by atoms with van der Waals surface area (Å²) in [6.07, 6.45) is 0. The number of furan rings is 1. The zero-order valence-corrected chi connectivity index (χ0v) is 12.4. The van der Waals surface area contributed by atoms with E-state index in [1.165, 1.54) is 0 Å². The van der Waals surface area contributed by atoms with Crippen LogP contribution in [0.3, 0.4) is 0 Å². The summed E-state index contributed by atoms with van der Waals surface area (Å²) >= 11 is 1.78. The lowest BCUT2D eigenvalue weighted by molar-refractivity contribution is 0.310. The van der Waals surface area contributed by atoms with E-state index in [9.17, 15) is 0 Å². The number of nitrogens with one attached hydrogen (secondary N) is 1. The monoisotopic (exact) mass is 297 g/mol. The number of nitrogens with two attached hydrogens (primary N) is 1. The summed E-state index contributed by atoms with van der Waals surface area (Å²) in [7, 11) is 4.04. The zero-order chi connectivity index (χ0) is 14.4. The lowest BCUT2D eigenvalue weighted by atomic mass is 10.4. The molecule has 110 valence electrons. The predicted octanol–water partition coefficient (Wildman–Crippen LogP) is 1.65. The summed E-state index contributed by atoms with van der Waals surface area (Å²) in [5.41, 5.74) is 5.53. The molecule has 0 unspecified atom stereocenters. The molecule has 0 aliphatic carbocycles. The van der Waals surface area contributed by atoms with Crippen molar-refractivity contribution in [1.29, 1.82) is 0 Å². The number of rotatable bonds is 8. The van der Waals surface area contributed by atoms with Gasteiger partial charge in [-0.3, -0.25) is 0 Å². The molecule has 0 atom stereocenters. The van der Waals surface area contributed by atoms with Crippen molar-refractivity contribution in [3.05, 3.63) is 23.7 Å². The second kappa shape index (κ2) is 7.20. The van der Waals surface area contributed by atoms with Gasteiger partial charge in [-0.25, -0.2) is 4.63 Å². The highest BCUT2D eigenvalue weighted by Crippen LogP contribution is 2.17. The topological polar surface area (TPSA) is 93.3 Å². The first-order chi connectivity index (χ1) is 9.65. The van der Waals surface area contributed by atoms with Crippen LogP contribution in [0.4, 0.5) is 11.6 Å². The minimum Gasteiger partial charge on any atom is -0.464 e. The van der Waals surface area contributed by atoms with Gasteiger partial charge in [0.1, 0.15) is 11.5 Å². The Labute approximate surface area is 121 Å². The molecule has 0 spiro atoms.